The highest BCUT2D eigenvalue weighted by Crippen LogP contribution is 2.27. The van der Waals surface area contributed by atoms with E-state index in [4.69, 9.17) is 0 Å². The van der Waals surface area contributed by atoms with Crippen molar-refractivity contribution in [2.75, 3.05) is 7.11 Å². The summed E-state index contributed by atoms with van der Waals surface area (Å²) in [5.74, 6) is -30.1. The molecule has 3 rings (SSSR count). The summed E-state index contributed by atoms with van der Waals surface area (Å²) in [5.41, 5.74) is -2.63. The number of methoxy groups -OCH3 is 1. The second kappa shape index (κ2) is 9.31. The third kappa shape index (κ3) is 3.83. The molecule has 0 unspecified atom stereocenters. The van der Waals surface area contributed by atoms with Gasteiger partial charge in [0, 0.05) is 11.1 Å². The molecule has 0 aliphatic carbocycles. The second-order valence-corrected chi connectivity index (χ2v) is 9.82. The summed E-state index contributed by atoms with van der Waals surface area (Å²) in [6, 6.07) is 0. The zero-order valence-corrected chi connectivity index (χ0v) is 18.7. The fourth-order valence-corrected chi connectivity index (χ4v) is 6.66. The van der Waals surface area contributed by atoms with Gasteiger partial charge < -0.3 is 4.74 Å². The predicted molar refractivity (Wildman–Crippen MR) is 99.5 cm³/mol. The molecule has 0 spiro atoms. The van der Waals surface area contributed by atoms with Gasteiger partial charge in [0.05, 0.1) is 7.11 Å². The van der Waals surface area contributed by atoms with Gasteiger partial charge in [0.1, 0.15) is 23.3 Å². The molecule has 3 aromatic rings. The Bertz CT molecular complexity index is 1230. The molecule has 1 nitrogen and oxygen atoms in total. The Balaban J connectivity index is 2.68. The van der Waals surface area contributed by atoms with Gasteiger partial charge in [-0.25, -0.2) is 43.9 Å². The fraction of sp³-hybridized carbons (Fsp3) is 0.143. The lowest BCUT2D eigenvalue weighted by atomic mass is 10.2. The highest BCUT2D eigenvalue weighted by atomic mass is 27.2. The highest BCUT2D eigenvalue weighted by molar-refractivity contribution is 6.95. The van der Waals surface area contributed by atoms with Gasteiger partial charge in [-0.15, -0.1) is 0 Å². The van der Waals surface area contributed by atoms with Gasteiger partial charge in [0.2, 0.25) is 11.6 Å². The molecule has 0 aliphatic rings. The van der Waals surface area contributed by atoms with Crippen LogP contribution in [0.4, 0.5) is 52.7 Å². The van der Waals surface area contributed by atoms with Crippen LogP contribution < -0.4 is 18.0 Å². The Morgan fingerprint density at radius 2 is 0.629 bits per heavy atom. The molecule has 0 bridgehead atoms. The Morgan fingerprint density at radius 3 is 0.857 bits per heavy atom. The molecular formula is C21H9AlF12O. The van der Waals surface area contributed by atoms with E-state index in [0.717, 1.165) is 0 Å². The highest BCUT2D eigenvalue weighted by Gasteiger charge is 2.46. The summed E-state index contributed by atoms with van der Waals surface area (Å²) >= 11 is -5.53. The minimum atomic E-state index is -5.53. The monoisotopic (exact) mass is 532 g/mol. The summed E-state index contributed by atoms with van der Waals surface area (Å²) < 4.78 is 173. The molecule has 0 amide bonds. The zero-order chi connectivity index (χ0) is 26.7. The van der Waals surface area contributed by atoms with Crippen LogP contribution in [0.1, 0.15) is 11.1 Å². The van der Waals surface area contributed by atoms with Gasteiger partial charge in [-0.05, 0) is 27.1 Å². The van der Waals surface area contributed by atoms with Crippen LogP contribution >= 0.6 is 0 Å². The molecule has 0 heterocycles. The van der Waals surface area contributed by atoms with Crippen molar-refractivity contribution in [3.8, 4) is 5.75 Å². The topological polar surface area (TPSA) is 9.23 Å². The average molecular weight is 532 g/mol. The van der Waals surface area contributed by atoms with E-state index in [9.17, 15) is 52.7 Å². The third-order valence-electron chi connectivity index (χ3n) is 5.36. The molecule has 0 fully saturated rings. The molecule has 0 saturated carbocycles. The van der Waals surface area contributed by atoms with Crippen LogP contribution in [0.5, 0.6) is 5.75 Å². The maximum Gasteiger partial charge on any atom is 0.413 e. The predicted octanol–water partition coefficient (Wildman–Crippen LogP) is 4.50. The summed E-state index contributed by atoms with van der Waals surface area (Å²) in [5, 5.41) is 0. The molecule has 14 heteroatoms. The third-order valence-corrected chi connectivity index (χ3v) is 8.61. The van der Waals surface area contributed by atoms with Gasteiger partial charge in [0.15, 0.2) is 40.7 Å². The minimum absolute atomic E-state index is 0.525. The number of benzene rings is 3. The molecule has 3 aromatic carbocycles. The largest absolute Gasteiger partial charge is 0.491 e. The molecule has 0 radical (unpaired) electrons. The van der Waals surface area contributed by atoms with Crippen molar-refractivity contribution in [2.45, 2.75) is 13.8 Å². The van der Waals surface area contributed by atoms with Crippen molar-refractivity contribution in [2.24, 2.45) is 0 Å². The minimum Gasteiger partial charge on any atom is -0.491 e. The lowest BCUT2D eigenvalue weighted by molar-refractivity contribution is 0.335. The van der Waals surface area contributed by atoms with Gasteiger partial charge in [-0.3, -0.25) is 0 Å². The van der Waals surface area contributed by atoms with E-state index in [1.165, 1.54) is 0 Å². The van der Waals surface area contributed by atoms with E-state index in [1.807, 2.05) is 0 Å². The summed E-state index contributed by atoms with van der Waals surface area (Å²) in [6.45, 7) is 1.05. The van der Waals surface area contributed by atoms with E-state index < -0.39 is 114 Å². The van der Waals surface area contributed by atoms with Crippen molar-refractivity contribution >= 4 is 27.4 Å². The normalized spacial score (nSPS) is 11.3. The molecule has 186 valence electrons. The van der Waals surface area contributed by atoms with Crippen molar-refractivity contribution in [3.63, 3.8) is 0 Å². The van der Waals surface area contributed by atoms with Crippen LogP contribution in [0.25, 0.3) is 0 Å². The first-order valence-corrected chi connectivity index (χ1v) is 11.0. The summed E-state index contributed by atoms with van der Waals surface area (Å²) in [6.07, 6.45) is 0. The van der Waals surface area contributed by atoms with Crippen molar-refractivity contribution in [3.05, 3.63) is 80.9 Å². The van der Waals surface area contributed by atoms with E-state index >= 15 is 0 Å². The van der Waals surface area contributed by atoms with E-state index in [-0.39, 0.29) is 0 Å². The lowest BCUT2D eigenvalue weighted by Crippen LogP contribution is -2.60. The lowest BCUT2D eigenvalue weighted by Gasteiger charge is -2.21. The van der Waals surface area contributed by atoms with Crippen molar-refractivity contribution in [1.82, 2.24) is 0 Å². The Morgan fingerprint density at radius 1 is 0.400 bits per heavy atom. The number of ether oxygens (including phenoxy) is 1. The first-order valence-electron chi connectivity index (χ1n) is 9.25. The summed E-state index contributed by atoms with van der Waals surface area (Å²) in [4.78, 5) is 0. The van der Waals surface area contributed by atoms with Crippen molar-refractivity contribution in [1.29, 1.82) is 0 Å². The standard InChI is InChI=1S/C7H3F4O.2C7H3F4.Al/c1-12-7-5(10)3(8)2-4(9)6(7)11;2*1-3-6(10)4(8)2-5(9)7(3)11;/h1H3;2*1H3;. The van der Waals surface area contributed by atoms with E-state index in [1.54, 1.807) is 0 Å². The van der Waals surface area contributed by atoms with Crippen LogP contribution in [0, 0.1) is 83.7 Å². The molecule has 0 aliphatic heterocycles. The molecule has 35 heavy (non-hydrogen) atoms. The van der Waals surface area contributed by atoms with Crippen molar-refractivity contribution < 1.29 is 57.4 Å². The van der Waals surface area contributed by atoms with Crippen LogP contribution in [0.15, 0.2) is 0 Å². The van der Waals surface area contributed by atoms with Crippen LogP contribution in [-0.4, -0.2) is 21.3 Å². The number of halogens is 12. The van der Waals surface area contributed by atoms with Gasteiger partial charge >= 0.3 is 14.1 Å². The Kier molecular flexibility index (Phi) is 7.12. The second-order valence-electron chi connectivity index (χ2n) is 7.23. The van der Waals surface area contributed by atoms with Crippen LogP contribution in [-0.2, 0) is 0 Å². The molecule has 0 atom stereocenters. The maximum absolute atomic E-state index is 14.9. The van der Waals surface area contributed by atoms with Gasteiger partial charge in [-0.1, -0.05) is 0 Å². The number of rotatable bonds is 4. The SMILES string of the molecule is COc1c(F)c(F)[c]([Al]([c]2c(F)c(F)c(C)c(F)c2F)[c]2c(F)c(F)c(C)c(F)c2F)c(F)c1F. The Labute approximate surface area is 192 Å². The number of hydrogen-bond donors (Lipinski definition) is 0. The number of hydrogen-bond acceptors (Lipinski definition) is 1. The molecular weight excluding hydrogens is 523 g/mol. The Hall–Kier alpha value is -2.85. The molecule has 0 aromatic heterocycles. The van der Waals surface area contributed by atoms with Crippen LogP contribution in [0.3, 0.4) is 0 Å². The van der Waals surface area contributed by atoms with Gasteiger partial charge in [0.25, 0.3) is 0 Å². The molecule has 0 N–H and O–H groups in total. The first-order chi connectivity index (χ1) is 16.2. The zero-order valence-electron chi connectivity index (χ0n) is 17.5. The van der Waals surface area contributed by atoms with Gasteiger partial charge in [-0.2, -0.15) is 8.78 Å². The average Bonchev–Trinajstić information content (AvgIpc) is 2.83. The first kappa shape index (κ1) is 26.8. The van der Waals surface area contributed by atoms with E-state index in [0.29, 0.717) is 21.0 Å². The smallest absolute Gasteiger partial charge is 0.413 e. The molecule has 0 saturated heterocycles. The summed E-state index contributed by atoms with van der Waals surface area (Å²) in [7, 11) is 0.559. The quantitative estimate of drug-likeness (QED) is 0.274. The van der Waals surface area contributed by atoms with Crippen LogP contribution in [0.2, 0.25) is 0 Å². The van der Waals surface area contributed by atoms with E-state index in [2.05, 4.69) is 4.74 Å². The maximum atomic E-state index is 14.9. The fourth-order valence-electron chi connectivity index (χ4n) is 3.52.